The van der Waals surface area contributed by atoms with Crippen molar-refractivity contribution in [3.63, 3.8) is 0 Å². The Morgan fingerprint density at radius 2 is 1.79 bits per heavy atom. The molecule has 0 radical (unpaired) electrons. The van der Waals surface area contributed by atoms with Gasteiger partial charge in [-0.3, -0.25) is 4.79 Å². The van der Waals surface area contributed by atoms with Gasteiger partial charge in [-0.05, 0) is 61.2 Å². The summed E-state index contributed by atoms with van der Waals surface area (Å²) < 4.78 is 53.3. The van der Waals surface area contributed by atoms with Crippen LogP contribution in [0.15, 0.2) is 42.5 Å². The van der Waals surface area contributed by atoms with Crippen molar-refractivity contribution < 1.29 is 22.4 Å². The lowest BCUT2D eigenvalue weighted by Crippen LogP contribution is -2.42. The molecule has 2 aromatic rings. The first-order chi connectivity index (χ1) is 13.3. The van der Waals surface area contributed by atoms with Gasteiger partial charge in [0.25, 0.3) is 5.91 Å². The molecule has 2 heterocycles. The van der Waals surface area contributed by atoms with Crippen molar-refractivity contribution in [2.75, 3.05) is 13.1 Å². The molecule has 1 amide bonds. The van der Waals surface area contributed by atoms with E-state index in [1.807, 2.05) is 0 Å². The maximum absolute atomic E-state index is 14.0. The summed E-state index contributed by atoms with van der Waals surface area (Å²) in [4.78, 5) is 15.1. The molecular weight excluding hydrogens is 408 g/mol. The van der Waals surface area contributed by atoms with Gasteiger partial charge in [-0.25, -0.2) is 4.39 Å². The van der Waals surface area contributed by atoms with Gasteiger partial charge in [0.2, 0.25) is 0 Å². The molecule has 2 atom stereocenters. The molecule has 0 aliphatic carbocycles. The molecule has 0 saturated carbocycles. The number of halogens is 5. The molecule has 2 bridgehead atoms. The highest BCUT2D eigenvalue weighted by molar-refractivity contribution is 6.01. The van der Waals surface area contributed by atoms with Gasteiger partial charge in [-0.1, -0.05) is 18.2 Å². The van der Waals surface area contributed by atoms with Crippen molar-refractivity contribution in [2.24, 2.45) is 0 Å². The number of carbonyl (C=O) groups excluding carboxylic acids is 1. The first-order valence-electron chi connectivity index (χ1n) is 9.35. The Hall–Kier alpha value is -2.12. The lowest BCUT2D eigenvalue weighted by molar-refractivity contribution is -0.137. The fourth-order valence-electron chi connectivity index (χ4n) is 4.26. The second-order valence-corrected chi connectivity index (χ2v) is 7.36. The number of carbonyl (C=O) groups is 1. The van der Waals surface area contributed by atoms with E-state index in [0.29, 0.717) is 12.1 Å². The summed E-state index contributed by atoms with van der Waals surface area (Å²) in [7, 11) is 0. The van der Waals surface area contributed by atoms with Crippen LogP contribution >= 0.6 is 12.4 Å². The van der Waals surface area contributed by atoms with Crippen molar-refractivity contribution in [3.05, 3.63) is 59.4 Å². The molecule has 3 nitrogen and oxygen atoms in total. The zero-order valence-corrected chi connectivity index (χ0v) is 16.3. The van der Waals surface area contributed by atoms with E-state index in [1.54, 1.807) is 4.90 Å². The number of hydrogen-bond acceptors (Lipinski definition) is 2. The Morgan fingerprint density at radius 1 is 1.03 bits per heavy atom. The summed E-state index contributed by atoms with van der Waals surface area (Å²) in [6.45, 7) is 1.49. The molecule has 29 heavy (non-hydrogen) atoms. The average Bonchev–Trinajstić information content (AvgIpc) is 2.93. The van der Waals surface area contributed by atoms with Crippen molar-refractivity contribution in [1.29, 1.82) is 0 Å². The molecule has 2 aromatic carbocycles. The van der Waals surface area contributed by atoms with Gasteiger partial charge in [-0.15, -0.1) is 12.4 Å². The second-order valence-electron chi connectivity index (χ2n) is 7.36. The van der Waals surface area contributed by atoms with E-state index in [0.717, 1.165) is 44.0 Å². The van der Waals surface area contributed by atoms with Gasteiger partial charge in [0.1, 0.15) is 5.82 Å². The predicted molar refractivity (Wildman–Crippen MR) is 105 cm³/mol. The zero-order valence-electron chi connectivity index (χ0n) is 15.5. The third-order valence-electron chi connectivity index (χ3n) is 5.60. The first-order valence-corrected chi connectivity index (χ1v) is 9.35. The third-order valence-corrected chi connectivity index (χ3v) is 5.60. The number of benzene rings is 2. The maximum Gasteiger partial charge on any atom is 0.416 e. The van der Waals surface area contributed by atoms with Gasteiger partial charge in [0.15, 0.2) is 0 Å². The molecule has 2 fully saturated rings. The quantitative estimate of drug-likeness (QED) is 0.690. The van der Waals surface area contributed by atoms with E-state index in [-0.39, 0.29) is 41.5 Å². The van der Waals surface area contributed by atoms with Gasteiger partial charge >= 0.3 is 6.18 Å². The van der Waals surface area contributed by atoms with E-state index in [4.69, 9.17) is 0 Å². The topological polar surface area (TPSA) is 32.3 Å². The number of alkyl halides is 3. The number of amides is 1. The smallest absolute Gasteiger partial charge is 0.331 e. The molecule has 2 unspecified atom stereocenters. The summed E-state index contributed by atoms with van der Waals surface area (Å²) in [5.74, 6) is -0.900. The van der Waals surface area contributed by atoms with Crippen LogP contribution in [0.2, 0.25) is 0 Å². The third kappa shape index (κ3) is 4.26. The standard InChI is InChI=1S/C21H20F4N2O.ClH/c22-15-4-7-18(13-2-1-3-14(10-13)21(23,24)25)19(11-15)20(28)27-16-5-6-17(27)12-26-9-8-16;/h1-4,7,10-11,16-17,26H,5-6,8-9,12H2;1H. The van der Waals surface area contributed by atoms with Crippen LogP contribution in [0.4, 0.5) is 17.6 Å². The van der Waals surface area contributed by atoms with Gasteiger partial charge in [-0.2, -0.15) is 13.2 Å². The highest BCUT2D eigenvalue weighted by atomic mass is 35.5. The van der Waals surface area contributed by atoms with Crippen LogP contribution in [0.1, 0.15) is 35.2 Å². The van der Waals surface area contributed by atoms with Crippen LogP contribution in [-0.2, 0) is 6.18 Å². The minimum absolute atomic E-state index is 0. The lowest BCUT2D eigenvalue weighted by Gasteiger charge is -2.29. The molecule has 2 aliphatic heterocycles. The lowest BCUT2D eigenvalue weighted by atomic mass is 9.96. The number of rotatable bonds is 2. The summed E-state index contributed by atoms with van der Waals surface area (Å²) >= 11 is 0. The highest BCUT2D eigenvalue weighted by Gasteiger charge is 2.39. The Bertz CT molecular complexity index is 888. The number of nitrogens with zero attached hydrogens (tertiary/aromatic N) is 1. The molecule has 1 N–H and O–H groups in total. The van der Waals surface area contributed by atoms with Crippen molar-refractivity contribution in [3.8, 4) is 11.1 Å². The fourth-order valence-corrected chi connectivity index (χ4v) is 4.26. The Morgan fingerprint density at radius 3 is 2.55 bits per heavy atom. The van der Waals surface area contributed by atoms with Crippen molar-refractivity contribution in [2.45, 2.75) is 37.5 Å². The van der Waals surface area contributed by atoms with Crippen LogP contribution in [0, 0.1) is 5.82 Å². The maximum atomic E-state index is 14.0. The van der Waals surface area contributed by atoms with Gasteiger partial charge in [0.05, 0.1) is 11.1 Å². The average molecular weight is 429 g/mol. The van der Waals surface area contributed by atoms with Gasteiger partial charge in [0, 0.05) is 18.6 Å². The first kappa shape index (κ1) is 21.6. The molecule has 0 aromatic heterocycles. The van der Waals surface area contributed by atoms with E-state index < -0.39 is 17.6 Å². The predicted octanol–water partition coefficient (Wildman–Crippen LogP) is 4.90. The van der Waals surface area contributed by atoms with Crippen LogP contribution in [-0.4, -0.2) is 36.0 Å². The minimum Gasteiger partial charge on any atom is -0.331 e. The Balaban J connectivity index is 0.00000240. The molecule has 0 spiro atoms. The SMILES string of the molecule is Cl.O=C(c1cc(F)ccc1-c1cccc(C(F)(F)F)c1)N1C2CCNCC1CC2. The van der Waals surface area contributed by atoms with E-state index in [1.165, 1.54) is 24.3 Å². The van der Waals surface area contributed by atoms with Crippen LogP contribution in [0.25, 0.3) is 11.1 Å². The molecule has 4 rings (SSSR count). The normalized spacial score (nSPS) is 21.4. The largest absolute Gasteiger partial charge is 0.416 e. The van der Waals surface area contributed by atoms with Crippen LogP contribution < -0.4 is 5.32 Å². The van der Waals surface area contributed by atoms with Crippen LogP contribution in [0.5, 0.6) is 0 Å². The summed E-state index contributed by atoms with van der Waals surface area (Å²) in [6.07, 6.45) is -1.91. The Kier molecular flexibility index (Phi) is 6.19. The van der Waals surface area contributed by atoms with Crippen molar-refractivity contribution >= 4 is 18.3 Å². The molecule has 2 aliphatic rings. The second kappa shape index (κ2) is 8.32. The zero-order chi connectivity index (χ0) is 19.9. The monoisotopic (exact) mass is 428 g/mol. The molecule has 2 saturated heterocycles. The highest BCUT2D eigenvalue weighted by Crippen LogP contribution is 2.35. The number of hydrogen-bond donors (Lipinski definition) is 1. The van der Waals surface area contributed by atoms with E-state index in [9.17, 15) is 22.4 Å². The summed E-state index contributed by atoms with van der Waals surface area (Å²) in [6, 6.07) is 8.59. The number of nitrogens with one attached hydrogen (secondary N) is 1. The van der Waals surface area contributed by atoms with E-state index >= 15 is 0 Å². The summed E-state index contributed by atoms with van der Waals surface area (Å²) in [5.41, 5.74) is -0.127. The molecular formula is C21H21ClF4N2O. The van der Waals surface area contributed by atoms with Gasteiger partial charge < -0.3 is 10.2 Å². The Labute approximate surface area is 172 Å². The van der Waals surface area contributed by atoms with Crippen molar-refractivity contribution in [1.82, 2.24) is 10.2 Å². The van der Waals surface area contributed by atoms with E-state index in [2.05, 4.69) is 5.32 Å². The molecule has 156 valence electrons. The number of fused-ring (bicyclic) bond motifs is 2. The minimum atomic E-state index is -4.49. The molecule has 8 heteroatoms. The van der Waals surface area contributed by atoms with Crippen LogP contribution in [0.3, 0.4) is 0 Å². The summed E-state index contributed by atoms with van der Waals surface area (Å²) in [5, 5.41) is 3.30. The fraction of sp³-hybridized carbons (Fsp3) is 0.381.